The number of hydrogen-bond donors (Lipinski definition) is 1. The lowest BCUT2D eigenvalue weighted by Crippen LogP contribution is -2.39. The van der Waals surface area contributed by atoms with Crippen LogP contribution < -0.4 is 10.6 Å². The summed E-state index contributed by atoms with van der Waals surface area (Å²) < 4.78 is 23.0. The van der Waals surface area contributed by atoms with Crippen molar-refractivity contribution in [3.8, 4) is 0 Å². The van der Waals surface area contributed by atoms with Gasteiger partial charge in [-0.1, -0.05) is 0 Å². The van der Waals surface area contributed by atoms with Crippen LogP contribution in [0.2, 0.25) is 0 Å². The largest absolute Gasteiger partial charge is 0.399 e. The van der Waals surface area contributed by atoms with Crippen molar-refractivity contribution in [3.63, 3.8) is 0 Å². The molecule has 0 saturated carbocycles. The lowest BCUT2D eigenvalue weighted by atomic mass is 10.2. The summed E-state index contributed by atoms with van der Waals surface area (Å²) in [4.78, 5) is 13.3. The summed E-state index contributed by atoms with van der Waals surface area (Å²) in [6.45, 7) is 4.75. The molecule has 1 amide bonds. The van der Waals surface area contributed by atoms with E-state index in [9.17, 15) is 13.2 Å². The van der Waals surface area contributed by atoms with Gasteiger partial charge in [0.15, 0.2) is 9.84 Å². The predicted octanol–water partition coefficient (Wildman–Crippen LogP) is 1.44. The smallest absolute Gasteiger partial charge is 0.241 e. The maximum absolute atomic E-state index is 12.0. The van der Waals surface area contributed by atoms with Gasteiger partial charge in [-0.25, -0.2) is 8.42 Å². The average Bonchev–Trinajstić information content (AvgIpc) is 2.27. The highest BCUT2D eigenvalue weighted by molar-refractivity contribution is 7.93. The number of rotatable bonds is 3. The number of nitrogens with zero attached hydrogens (tertiary/aromatic N) is 1. The first-order chi connectivity index (χ1) is 8.54. The van der Waals surface area contributed by atoms with Crippen molar-refractivity contribution in [2.24, 2.45) is 0 Å². The normalized spacial score (nSPS) is 12.2. The van der Waals surface area contributed by atoms with Gasteiger partial charge in [0.05, 0.1) is 4.75 Å². The molecule has 0 unspecified atom stereocenters. The molecule has 6 heteroatoms. The van der Waals surface area contributed by atoms with Gasteiger partial charge in [0.1, 0.15) is 5.75 Å². The zero-order valence-electron chi connectivity index (χ0n) is 11.7. The van der Waals surface area contributed by atoms with Gasteiger partial charge >= 0.3 is 0 Å². The Morgan fingerprint density at radius 1 is 1.21 bits per heavy atom. The van der Waals surface area contributed by atoms with Crippen LogP contribution in [0.4, 0.5) is 11.4 Å². The maximum Gasteiger partial charge on any atom is 0.241 e. The minimum absolute atomic E-state index is 0.459. The molecule has 0 spiro atoms. The maximum atomic E-state index is 12.0. The molecule has 1 aromatic carbocycles. The van der Waals surface area contributed by atoms with E-state index < -0.39 is 26.2 Å². The Kier molecular flexibility index (Phi) is 4.25. The van der Waals surface area contributed by atoms with E-state index in [1.165, 1.54) is 4.90 Å². The van der Waals surface area contributed by atoms with Crippen molar-refractivity contribution >= 4 is 27.1 Å². The topological polar surface area (TPSA) is 80.5 Å². The fourth-order valence-corrected chi connectivity index (χ4v) is 2.27. The summed E-state index contributed by atoms with van der Waals surface area (Å²) in [5.74, 6) is -0.961. The van der Waals surface area contributed by atoms with Crippen molar-refractivity contribution in [2.45, 2.75) is 25.5 Å². The zero-order valence-corrected chi connectivity index (χ0v) is 12.5. The van der Waals surface area contributed by atoms with Crippen LogP contribution in [0.1, 0.15) is 20.8 Å². The SMILES string of the molecule is CN(C(=O)CS(=O)(=O)C(C)(C)C)c1ccc(N)cc1. The summed E-state index contributed by atoms with van der Waals surface area (Å²) in [7, 11) is -1.93. The lowest BCUT2D eigenvalue weighted by molar-refractivity contribution is -0.116. The van der Waals surface area contributed by atoms with Crippen LogP contribution in [0.3, 0.4) is 0 Å². The molecule has 1 aromatic rings. The van der Waals surface area contributed by atoms with E-state index in [-0.39, 0.29) is 0 Å². The van der Waals surface area contributed by atoms with Crippen molar-refractivity contribution in [2.75, 3.05) is 23.4 Å². The molecular weight excluding hydrogens is 264 g/mol. The van der Waals surface area contributed by atoms with Gasteiger partial charge in [0.25, 0.3) is 0 Å². The van der Waals surface area contributed by atoms with Crippen LogP contribution in [0.5, 0.6) is 0 Å². The van der Waals surface area contributed by atoms with E-state index in [1.54, 1.807) is 52.1 Å². The van der Waals surface area contributed by atoms with Gasteiger partial charge in [0, 0.05) is 18.4 Å². The summed E-state index contributed by atoms with van der Waals surface area (Å²) >= 11 is 0. The van der Waals surface area contributed by atoms with E-state index in [4.69, 9.17) is 5.73 Å². The van der Waals surface area contributed by atoms with Crippen molar-refractivity contribution < 1.29 is 13.2 Å². The number of carbonyl (C=O) groups is 1. The fourth-order valence-electron chi connectivity index (χ4n) is 1.32. The minimum Gasteiger partial charge on any atom is -0.399 e. The third-order valence-electron chi connectivity index (χ3n) is 2.90. The molecule has 19 heavy (non-hydrogen) atoms. The first-order valence-electron chi connectivity index (χ1n) is 5.89. The molecule has 0 aromatic heterocycles. The second-order valence-electron chi connectivity index (χ2n) is 5.42. The molecule has 0 bridgehead atoms. The lowest BCUT2D eigenvalue weighted by Gasteiger charge is -2.22. The molecule has 0 fully saturated rings. The molecule has 0 saturated heterocycles. The second kappa shape index (κ2) is 5.21. The summed E-state index contributed by atoms with van der Waals surface area (Å²) in [5.41, 5.74) is 6.77. The van der Waals surface area contributed by atoms with Crippen LogP contribution in [-0.4, -0.2) is 31.9 Å². The van der Waals surface area contributed by atoms with E-state index in [0.717, 1.165) is 0 Å². The molecule has 0 aliphatic carbocycles. The van der Waals surface area contributed by atoms with Gasteiger partial charge in [0.2, 0.25) is 5.91 Å². The number of carbonyl (C=O) groups excluding carboxylic acids is 1. The minimum atomic E-state index is -3.47. The van der Waals surface area contributed by atoms with Crippen LogP contribution >= 0.6 is 0 Å². The van der Waals surface area contributed by atoms with Gasteiger partial charge in [-0.3, -0.25) is 4.79 Å². The molecule has 0 heterocycles. The van der Waals surface area contributed by atoms with Gasteiger partial charge in [-0.15, -0.1) is 0 Å². The van der Waals surface area contributed by atoms with Gasteiger partial charge < -0.3 is 10.6 Å². The molecule has 0 aliphatic rings. The standard InChI is InChI=1S/C13H20N2O3S/c1-13(2,3)19(17,18)9-12(16)15(4)11-7-5-10(14)6-8-11/h5-8H,9,14H2,1-4H3. The Bertz CT molecular complexity index is 557. The van der Waals surface area contributed by atoms with Crippen LogP contribution in [0, 0.1) is 0 Å². The summed E-state index contributed by atoms with van der Waals surface area (Å²) in [6, 6.07) is 6.68. The van der Waals surface area contributed by atoms with Crippen molar-refractivity contribution in [1.29, 1.82) is 0 Å². The first-order valence-corrected chi connectivity index (χ1v) is 7.54. The number of benzene rings is 1. The average molecular weight is 284 g/mol. The number of anilines is 2. The first kappa shape index (κ1) is 15.5. The van der Waals surface area contributed by atoms with Crippen molar-refractivity contribution in [3.05, 3.63) is 24.3 Å². The molecule has 5 nitrogen and oxygen atoms in total. The van der Waals surface area contributed by atoms with E-state index in [2.05, 4.69) is 0 Å². The summed E-state index contributed by atoms with van der Waals surface area (Å²) in [5, 5.41) is 0. The third-order valence-corrected chi connectivity index (χ3v) is 5.39. The molecule has 0 radical (unpaired) electrons. The summed E-state index contributed by atoms with van der Waals surface area (Å²) in [6.07, 6.45) is 0. The zero-order chi connectivity index (χ0) is 14.8. The van der Waals surface area contributed by atoms with Crippen LogP contribution in [0.15, 0.2) is 24.3 Å². The molecule has 0 aliphatic heterocycles. The monoisotopic (exact) mass is 284 g/mol. The molecule has 2 N–H and O–H groups in total. The van der Waals surface area contributed by atoms with E-state index in [1.807, 2.05) is 0 Å². The molecule has 1 rings (SSSR count). The Morgan fingerprint density at radius 2 is 1.68 bits per heavy atom. The highest BCUT2D eigenvalue weighted by Crippen LogP contribution is 2.19. The number of sulfone groups is 1. The Morgan fingerprint density at radius 3 is 2.11 bits per heavy atom. The highest BCUT2D eigenvalue weighted by Gasteiger charge is 2.32. The number of hydrogen-bond acceptors (Lipinski definition) is 4. The van der Waals surface area contributed by atoms with Gasteiger partial charge in [-0.05, 0) is 45.0 Å². The Labute approximate surface area is 114 Å². The highest BCUT2D eigenvalue weighted by atomic mass is 32.2. The molecule has 0 atom stereocenters. The Hall–Kier alpha value is -1.56. The molecule has 106 valence electrons. The second-order valence-corrected chi connectivity index (χ2v) is 8.16. The third kappa shape index (κ3) is 3.70. The van der Waals surface area contributed by atoms with E-state index in [0.29, 0.717) is 11.4 Å². The fraction of sp³-hybridized carbons (Fsp3) is 0.462. The van der Waals surface area contributed by atoms with Crippen molar-refractivity contribution in [1.82, 2.24) is 0 Å². The van der Waals surface area contributed by atoms with Crippen LogP contribution in [0.25, 0.3) is 0 Å². The predicted molar refractivity (Wildman–Crippen MR) is 77.8 cm³/mol. The Balaban J connectivity index is 2.88. The van der Waals surface area contributed by atoms with Gasteiger partial charge in [-0.2, -0.15) is 0 Å². The van der Waals surface area contributed by atoms with E-state index >= 15 is 0 Å². The number of amides is 1. The van der Waals surface area contributed by atoms with Crippen LogP contribution in [-0.2, 0) is 14.6 Å². The quantitative estimate of drug-likeness (QED) is 0.852. The molecular formula is C13H20N2O3S. The number of nitrogens with two attached hydrogens (primary N) is 1. The number of nitrogen functional groups attached to an aromatic ring is 1.